The predicted molar refractivity (Wildman–Crippen MR) is 115 cm³/mol. The fourth-order valence-electron chi connectivity index (χ4n) is 2.89. The van der Waals surface area contributed by atoms with E-state index >= 15 is 0 Å². The highest BCUT2D eigenvalue weighted by Crippen LogP contribution is 2.41. The largest absolute Gasteiger partial charge is 0.425 e. The van der Waals surface area contributed by atoms with E-state index in [9.17, 15) is 18.0 Å². The van der Waals surface area contributed by atoms with Gasteiger partial charge in [-0.05, 0) is 46.3 Å². The number of hydrogen-bond acceptors (Lipinski definition) is 5. The minimum Gasteiger partial charge on any atom is -0.425 e. The maximum atomic E-state index is 13.3. The van der Waals surface area contributed by atoms with Gasteiger partial charge in [0.1, 0.15) is 0 Å². The lowest BCUT2D eigenvalue weighted by atomic mass is 10.1. The summed E-state index contributed by atoms with van der Waals surface area (Å²) >= 11 is 9.17. The molecule has 150 valence electrons. The van der Waals surface area contributed by atoms with Crippen LogP contribution in [0.25, 0.3) is 10.8 Å². The van der Waals surface area contributed by atoms with Crippen LogP contribution in [0, 0.1) is 0 Å². The Bertz CT molecular complexity index is 1230. The molecule has 0 fully saturated rings. The summed E-state index contributed by atoms with van der Waals surface area (Å²) in [4.78, 5) is 23.9. The molecular formula is C20H15BrClNO5S. The lowest BCUT2D eigenvalue weighted by Crippen LogP contribution is -2.35. The van der Waals surface area contributed by atoms with Crippen molar-refractivity contribution >= 4 is 65.9 Å². The Labute approximate surface area is 181 Å². The Hall–Kier alpha value is -2.42. The fourth-order valence-corrected chi connectivity index (χ4v) is 4.97. The molecule has 0 aliphatic heterocycles. The molecule has 0 saturated heterocycles. The van der Waals surface area contributed by atoms with E-state index in [1.165, 1.54) is 37.3 Å². The third-order valence-electron chi connectivity index (χ3n) is 4.03. The first-order valence-electron chi connectivity index (χ1n) is 8.34. The summed E-state index contributed by atoms with van der Waals surface area (Å²) in [5.41, 5.74) is 0.130. The summed E-state index contributed by atoms with van der Waals surface area (Å²) in [6.45, 7) is 2.43. The second kappa shape index (κ2) is 8.14. The van der Waals surface area contributed by atoms with Crippen LogP contribution in [0.5, 0.6) is 5.75 Å². The highest BCUT2D eigenvalue weighted by Gasteiger charge is 2.31. The van der Waals surface area contributed by atoms with Crippen LogP contribution in [0.3, 0.4) is 0 Å². The number of esters is 1. The van der Waals surface area contributed by atoms with Gasteiger partial charge < -0.3 is 4.74 Å². The van der Waals surface area contributed by atoms with E-state index in [0.717, 1.165) is 11.2 Å². The van der Waals surface area contributed by atoms with Gasteiger partial charge in [-0.3, -0.25) is 9.59 Å². The molecule has 0 aromatic heterocycles. The van der Waals surface area contributed by atoms with Crippen molar-refractivity contribution in [1.82, 2.24) is 0 Å². The van der Waals surface area contributed by atoms with Crippen molar-refractivity contribution in [3.8, 4) is 5.75 Å². The molecule has 3 aromatic rings. The molecular weight excluding hydrogens is 482 g/mol. The van der Waals surface area contributed by atoms with Gasteiger partial charge in [-0.15, -0.1) is 0 Å². The molecule has 0 heterocycles. The van der Waals surface area contributed by atoms with E-state index in [2.05, 4.69) is 15.9 Å². The van der Waals surface area contributed by atoms with E-state index in [1.54, 1.807) is 24.3 Å². The Morgan fingerprint density at radius 2 is 1.59 bits per heavy atom. The van der Waals surface area contributed by atoms with Gasteiger partial charge in [-0.2, -0.15) is 0 Å². The SMILES string of the molecule is CC(=O)Oc1c(Br)cc(N(C(C)=O)S(=O)(=O)c2ccc(Cl)cc2)c2ccccc12. The zero-order chi connectivity index (χ0) is 21.3. The number of fused-ring (bicyclic) bond motifs is 1. The molecule has 6 nitrogen and oxygen atoms in total. The van der Waals surface area contributed by atoms with E-state index in [4.69, 9.17) is 16.3 Å². The van der Waals surface area contributed by atoms with E-state index in [-0.39, 0.29) is 16.3 Å². The number of ether oxygens (including phenoxy) is 1. The summed E-state index contributed by atoms with van der Waals surface area (Å²) in [6.07, 6.45) is 0. The van der Waals surface area contributed by atoms with Crippen molar-refractivity contribution in [3.05, 3.63) is 64.1 Å². The van der Waals surface area contributed by atoms with Crippen LogP contribution in [0.1, 0.15) is 13.8 Å². The maximum absolute atomic E-state index is 13.3. The van der Waals surface area contributed by atoms with Crippen LogP contribution in [0.15, 0.2) is 64.0 Å². The normalized spacial score (nSPS) is 11.3. The van der Waals surface area contributed by atoms with Crippen LogP contribution < -0.4 is 9.04 Å². The summed E-state index contributed by atoms with van der Waals surface area (Å²) in [5, 5.41) is 1.28. The summed E-state index contributed by atoms with van der Waals surface area (Å²) in [6, 6.07) is 13.7. The number of sulfonamides is 1. The number of anilines is 1. The predicted octanol–water partition coefficient (Wildman–Crippen LogP) is 4.92. The summed E-state index contributed by atoms with van der Waals surface area (Å²) in [7, 11) is -4.22. The fraction of sp³-hybridized carbons (Fsp3) is 0.100. The number of rotatable bonds is 4. The topological polar surface area (TPSA) is 80.8 Å². The molecule has 3 rings (SSSR count). The van der Waals surface area contributed by atoms with Crippen molar-refractivity contribution in [2.24, 2.45) is 0 Å². The molecule has 0 bridgehead atoms. The second-order valence-electron chi connectivity index (χ2n) is 6.09. The Kier molecular flexibility index (Phi) is 5.97. The molecule has 0 spiro atoms. The van der Waals surface area contributed by atoms with Gasteiger partial charge in [0.15, 0.2) is 5.75 Å². The van der Waals surface area contributed by atoms with Crippen molar-refractivity contribution in [2.45, 2.75) is 18.7 Å². The van der Waals surface area contributed by atoms with Crippen molar-refractivity contribution in [1.29, 1.82) is 0 Å². The molecule has 0 unspecified atom stereocenters. The van der Waals surface area contributed by atoms with Gasteiger partial charge in [0.2, 0.25) is 5.91 Å². The third-order valence-corrected chi connectivity index (χ3v) is 6.67. The van der Waals surface area contributed by atoms with Crippen LogP contribution >= 0.6 is 27.5 Å². The number of hydrogen-bond donors (Lipinski definition) is 0. The summed E-state index contributed by atoms with van der Waals surface area (Å²) in [5.74, 6) is -0.984. The molecule has 0 aliphatic carbocycles. The first kappa shape index (κ1) is 21.3. The van der Waals surface area contributed by atoms with Gasteiger partial charge in [-0.25, -0.2) is 12.7 Å². The number of carbonyl (C=O) groups is 2. The molecule has 1 amide bonds. The van der Waals surface area contributed by atoms with Crippen LogP contribution in [-0.2, 0) is 19.6 Å². The van der Waals surface area contributed by atoms with Gasteiger partial charge in [0.05, 0.1) is 15.1 Å². The molecule has 29 heavy (non-hydrogen) atoms. The lowest BCUT2D eigenvalue weighted by Gasteiger charge is -2.24. The number of benzene rings is 3. The van der Waals surface area contributed by atoms with E-state index in [0.29, 0.717) is 20.3 Å². The second-order valence-corrected chi connectivity index (χ2v) is 9.17. The highest BCUT2D eigenvalue weighted by molar-refractivity contribution is 9.10. The quantitative estimate of drug-likeness (QED) is 0.378. The van der Waals surface area contributed by atoms with Crippen molar-refractivity contribution in [3.63, 3.8) is 0 Å². The van der Waals surface area contributed by atoms with Gasteiger partial charge >= 0.3 is 5.97 Å². The number of halogens is 2. The Balaban J connectivity index is 2.30. The van der Waals surface area contributed by atoms with Gasteiger partial charge in [-0.1, -0.05) is 35.9 Å². The van der Waals surface area contributed by atoms with Crippen molar-refractivity contribution in [2.75, 3.05) is 4.31 Å². The molecule has 3 aromatic carbocycles. The number of amides is 1. The zero-order valence-electron chi connectivity index (χ0n) is 15.3. The number of carbonyl (C=O) groups excluding carboxylic acids is 2. The standard InChI is InChI=1S/C20H15BrClNO5S/c1-12(24)23(29(26,27)15-9-7-14(22)8-10-15)19-11-18(21)20(28-13(2)25)17-6-4-3-5-16(17)19/h3-11H,1-2H3. The molecule has 0 saturated carbocycles. The molecule has 9 heteroatoms. The number of nitrogens with zero attached hydrogens (tertiary/aromatic N) is 1. The van der Waals surface area contributed by atoms with Crippen molar-refractivity contribution < 1.29 is 22.7 Å². The molecule has 0 N–H and O–H groups in total. The van der Waals surface area contributed by atoms with Gasteiger partial charge in [0, 0.05) is 29.6 Å². The zero-order valence-corrected chi connectivity index (χ0v) is 18.5. The maximum Gasteiger partial charge on any atom is 0.308 e. The van der Waals surface area contributed by atoms with Crippen LogP contribution in [-0.4, -0.2) is 20.3 Å². The molecule has 0 atom stereocenters. The van der Waals surface area contributed by atoms with E-state index < -0.39 is 21.9 Å². The average molecular weight is 497 g/mol. The lowest BCUT2D eigenvalue weighted by molar-refractivity contribution is -0.131. The Morgan fingerprint density at radius 3 is 2.14 bits per heavy atom. The average Bonchev–Trinajstić information content (AvgIpc) is 2.64. The first-order valence-corrected chi connectivity index (χ1v) is 10.9. The molecule has 0 radical (unpaired) electrons. The third kappa shape index (κ3) is 4.14. The highest BCUT2D eigenvalue weighted by atomic mass is 79.9. The van der Waals surface area contributed by atoms with Crippen LogP contribution in [0.4, 0.5) is 5.69 Å². The first-order chi connectivity index (χ1) is 13.6. The van der Waals surface area contributed by atoms with Crippen LogP contribution in [0.2, 0.25) is 5.02 Å². The van der Waals surface area contributed by atoms with Gasteiger partial charge in [0.25, 0.3) is 10.0 Å². The van der Waals surface area contributed by atoms with E-state index in [1.807, 2.05) is 0 Å². The Morgan fingerprint density at radius 1 is 1.00 bits per heavy atom. The smallest absolute Gasteiger partial charge is 0.308 e. The summed E-state index contributed by atoms with van der Waals surface area (Å²) < 4.78 is 32.9. The monoisotopic (exact) mass is 495 g/mol. The minimum atomic E-state index is -4.22. The minimum absolute atomic E-state index is 0.0821. The molecule has 0 aliphatic rings.